The number of pyridine rings is 2. The van der Waals surface area contributed by atoms with Crippen molar-refractivity contribution in [2.45, 2.75) is 0 Å². The lowest BCUT2D eigenvalue weighted by atomic mass is 10.2. The molecule has 0 saturated heterocycles. The van der Waals surface area contributed by atoms with Gasteiger partial charge in [-0.2, -0.15) is 0 Å². The first-order valence-corrected chi connectivity index (χ1v) is 4.74. The molecule has 0 atom stereocenters. The third-order valence-electron chi connectivity index (χ3n) is 1.92. The van der Waals surface area contributed by atoms with Gasteiger partial charge in [0.1, 0.15) is 11.3 Å². The van der Waals surface area contributed by atoms with Crippen LogP contribution in [-0.2, 0) is 0 Å². The van der Waals surface area contributed by atoms with E-state index in [1.807, 2.05) is 0 Å². The van der Waals surface area contributed by atoms with E-state index >= 15 is 0 Å². The van der Waals surface area contributed by atoms with E-state index in [-0.39, 0.29) is 21.2 Å². The fraction of sp³-hybridized carbons (Fsp3) is 0. The molecule has 2 aromatic heterocycles. The van der Waals surface area contributed by atoms with Crippen LogP contribution in [0, 0.1) is 10.1 Å². The second kappa shape index (κ2) is 3.73. The molecule has 6 nitrogen and oxygen atoms in total. The number of hydrogen-bond donors (Lipinski definition) is 1. The molecule has 0 radical (unpaired) electrons. The SMILES string of the molecule is O=[N+]([O-])c1cnc2nc(Cl)c(Cl)cc2c1O. The van der Waals surface area contributed by atoms with Crippen LogP contribution in [0.4, 0.5) is 5.69 Å². The Morgan fingerprint density at radius 2 is 2.12 bits per heavy atom. The van der Waals surface area contributed by atoms with Crippen LogP contribution in [0.25, 0.3) is 11.0 Å². The summed E-state index contributed by atoms with van der Waals surface area (Å²) in [7, 11) is 0. The van der Waals surface area contributed by atoms with Crippen molar-refractivity contribution in [2.24, 2.45) is 0 Å². The van der Waals surface area contributed by atoms with Crippen molar-refractivity contribution in [2.75, 3.05) is 0 Å². The van der Waals surface area contributed by atoms with Crippen molar-refractivity contribution in [3.63, 3.8) is 0 Å². The average molecular weight is 260 g/mol. The van der Waals surface area contributed by atoms with Crippen LogP contribution in [-0.4, -0.2) is 20.0 Å². The lowest BCUT2D eigenvalue weighted by Crippen LogP contribution is -1.93. The van der Waals surface area contributed by atoms with Crippen molar-refractivity contribution in [3.8, 4) is 5.75 Å². The summed E-state index contributed by atoms with van der Waals surface area (Å²) in [5, 5.41) is 20.4. The molecule has 0 aliphatic heterocycles. The molecular weight excluding hydrogens is 257 g/mol. The zero-order chi connectivity index (χ0) is 11.9. The van der Waals surface area contributed by atoms with Crippen LogP contribution >= 0.6 is 23.2 Å². The fourth-order valence-electron chi connectivity index (χ4n) is 1.19. The maximum atomic E-state index is 10.5. The molecule has 0 aromatic carbocycles. The normalized spacial score (nSPS) is 10.6. The number of rotatable bonds is 1. The van der Waals surface area contributed by atoms with E-state index in [9.17, 15) is 15.2 Å². The summed E-state index contributed by atoms with van der Waals surface area (Å²) in [6.07, 6.45) is 0.912. The van der Waals surface area contributed by atoms with Gasteiger partial charge in [0.25, 0.3) is 0 Å². The highest BCUT2D eigenvalue weighted by molar-refractivity contribution is 6.41. The molecule has 2 heterocycles. The summed E-state index contributed by atoms with van der Waals surface area (Å²) in [5.41, 5.74) is -0.412. The Morgan fingerprint density at radius 3 is 2.75 bits per heavy atom. The molecule has 8 heteroatoms. The van der Waals surface area contributed by atoms with E-state index in [0.29, 0.717) is 0 Å². The van der Waals surface area contributed by atoms with Crippen LogP contribution in [0.5, 0.6) is 5.75 Å². The molecule has 0 aliphatic carbocycles. The van der Waals surface area contributed by atoms with Crippen LogP contribution in [0.3, 0.4) is 0 Å². The molecule has 0 aliphatic rings. The molecule has 0 saturated carbocycles. The highest BCUT2D eigenvalue weighted by Crippen LogP contribution is 2.34. The number of aromatic nitrogens is 2. The van der Waals surface area contributed by atoms with Crippen LogP contribution in [0.1, 0.15) is 0 Å². The Kier molecular flexibility index (Phi) is 2.53. The standard InChI is InChI=1S/C8H3Cl2N3O3/c9-4-1-3-6(14)5(13(15)16)2-11-8(3)12-7(4)10/h1-2H,(H,11,12,14). The topological polar surface area (TPSA) is 89.2 Å². The second-order valence-electron chi connectivity index (χ2n) is 2.88. The first-order valence-electron chi connectivity index (χ1n) is 3.99. The largest absolute Gasteiger partial charge is 0.502 e. The predicted molar refractivity (Wildman–Crippen MR) is 57.9 cm³/mol. The van der Waals surface area contributed by atoms with Gasteiger partial charge in [0.2, 0.25) is 5.75 Å². The van der Waals surface area contributed by atoms with E-state index in [0.717, 1.165) is 6.20 Å². The van der Waals surface area contributed by atoms with Gasteiger partial charge >= 0.3 is 5.69 Å². The van der Waals surface area contributed by atoms with E-state index < -0.39 is 16.4 Å². The Morgan fingerprint density at radius 1 is 1.44 bits per heavy atom. The highest BCUT2D eigenvalue weighted by atomic mass is 35.5. The molecule has 0 unspecified atom stereocenters. The third-order valence-corrected chi connectivity index (χ3v) is 2.59. The number of nitro groups is 1. The molecule has 0 spiro atoms. The summed E-state index contributed by atoms with van der Waals surface area (Å²) >= 11 is 11.3. The number of aromatic hydroxyl groups is 1. The van der Waals surface area contributed by atoms with Gasteiger partial charge in [-0.15, -0.1) is 0 Å². The van der Waals surface area contributed by atoms with Crippen LogP contribution in [0.2, 0.25) is 10.2 Å². The summed E-state index contributed by atoms with van der Waals surface area (Å²) in [6, 6.07) is 1.28. The van der Waals surface area contributed by atoms with Crippen molar-refractivity contribution in [1.82, 2.24) is 9.97 Å². The first-order chi connectivity index (χ1) is 7.50. The molecule has 0 fully saturated rings. The molecule has 0 amide bonds. The Labute approximate surface area is 98.6 Å². The summed E-state index contributed by atoms with van der Waals surface area (Å²) in [5.74, 6) is -0.527. The maximum absolute atomic E-state index is 10.5. The van der Waals surface area contributed by atoms with Crippen LogP contribution < -0.4 is 0 Å². The zero-order valence-corrected chi connectivity index (χ0v) is 9.03. The van der Waals surface area contributed by atoms with Crippen molar-refractivity contribution < 1.29 is 10.0 Å². The second-order valence-corrected chi connectivity index (χ2v) is 3.65. The minimum absolute atomic E-state index is 0.0231. The molecule has 1 N–H and O–H groups in total. The molecule has 2 rings (SSSR count). The molecule has 16 heavy (non-hydrogen) atoms. The van der Waals surface area contributed by atoms with Gasteiger partial charge in [0, 0.05) is 0 Å². The zero-order valence-electron chi connectivity index (χ0n) is 7.52. The summed E-state index contributed by atoms with van der Waals surface area (Å²) in [4.78, 5) is 17.3. The van der Waals surface area contributed by atoms with Gasteiger partial charge in [-0.3, -0.25) is 10.1 Å². The van der Waals surface area contributed by atoms with Crippen molar-refractivity contribution >= 4 is 39.9 Å². The number of hydrogen-bond acceptors (Lipinski definition) is 5. The van der Waals surface area contributed by atoms with Gasteiger partial charge in [-0.25, -0.2) is 9.97 Å². The van der Waals surface area contributed by atoms with Crippen molar-refractivity contribution in [1.29, 1.82) is 0 Å². The Bertz CT molecular complexity index is 603. The van der Waals surface area contributed by atoms with E-state index in [2.05, 4.69) is 9.97 Å². The highest BCUT2D eigenvalue weighted by Gasteiger charge is 2.18. The van der Waals surface area contributed by atoms with E-state index in [4.69, 9.17) is 23.2 Å². The average Bonchev–Trinajstić information content (AvgIpc) is 2.21. The van der Waals surface area contributed by atoms with E-state index in [1.54, 1.807) is 0 Å². The molecule has 0 bridgehead atoms. The quantitative estimate of drug-likeness (QED) is 0.483. The fourth-order valence-corrected chi connectivity index (χ4v) is 1.47. The summed E-state index contributed by atoms with van der Waals surface area (Å²) in [6.45, 7) is 0. The van der Waals surface area contributed by atoms with E-state index in [1.165, 1.54) is 6.07 Å². The van der Waals surface area contributed by atoms with Gasteiger partial charge in [-0.1, -0.05) is 23.2 Å². The minimum atomic E-state index is -0.746. The Balaban J connectivity index is 2.84. The smallest absolute Gasteiger partial charge is 0.329 e. The van der Waals surface area contributed by atoms with Gasteiger partial charge in [0.15, 0.2) is 5.65 Å². The minimum Gasteiger partial charge on any atom is -0.502 e. The Hall–Kier alpha value is -1.66. The number of fused-ring (bicyclic) bond motifs is 1. The van der Waals surface area contributed by atoms with Gasteiger partial charge in [0.05, 0.1) is 15.3 Å². The molecular formula is C8H3Cl2N3O3. The lowest BCUT2D eigenvalue weighted by molar-refractivity contribution is -0.386. The third kappa shape index (κ3) is 1.62. The van der Waals surface area contributed by atoms with Crippen LogP contribution in [0.15, 0.2) is 12.3 Å². The van der Waals surface area contributed by atoms with Gasteiger partial charge in [-0.05, 0) is 6.07 Å². The predicted octanol–water partition coefficient (Wildman–Crippen LogP) is 2.55. The molecule has 2 aromatic rings. The monoisotopic (exact) mass is 259 g/mol. The molecule has 82 valence electrons. The number of nitrogens with zero attached hydrogens (tertiary/aromatic N) is 3. The van der Waals surface area contributed by atoms with Crippen molar-refractivity contribution in [3.05, 3.63) is 32.6 Å². The lowest BCUT2D eigenvalue weighted by Gasteiger charge is -2.02. The maximum Gasteiger partial charge on any atom is 0.329 e. The number of halogens is 2. The first kappa shape index (κ1) is 10.8. The summed E-state index contributed by atoms with van der Waals surface area (Å²) < 4.78 is 0. The van der Waals surface area contributed by atoms with Gasteiger partial charge < -0.3 is 5.11 Å².